The van der Waals surface area contributed by atoms with Gasteiger partial charge in [0.15, 0.2) is 0 Å². The average Bonchev–Trinajstić information content (AvgIpc) is 2.44. The predicted molar refractivity (Wildman–Crippen MR) is 82.0 cm³/mol. The van der Waals surface area contributed by atoms with Crippen molar-refractivity contribution in [2.45, 2.75) is 32.4 Å². The monoisotopic (exact) mass is 275 g/mol. The molecule has 110 valence electrons. The van der Waals surface area contributed by atoms with E-state index in [0.717, 1.165) is 25.1 Å². The molecule has 0 saturated carbocycles. The quantitative estimate of drug-likeness (QED) is 0.873. The number of amides is 1. The Labute approximate surface area is 121 Å². The number of likely N-dealkylation sites (N-methyl/N-ethyl adjacent to an activating group) is 1. The van der Waals surface area contributed by atoms with E-state index in [2.05, 4.69) is 35.4 Å². The van der Waals surface area contributed by atoms with Crippen molar-refractivity contribution in [3.05, 3.63) is 34.9 Å². The van der Waals surface area contributed by atoms with Crippen LogP contribution in [0, 0.1) is 0 Å². The summed E-state index contributed by atoms with van der Waals surface area (Å²) in [5, 5.41) is 6.41. The number of carbonyl (C=O) groups is 1. The van der Waals surface area contributed by atoms with E-state index in [4.69, 9.17) is 0 Å². The lowest BCUT2D eigenvalue weighted by molar-refractivity contribution is 0.0918. The summed E-state index contributed by atoms with van der Waals surface area (Å²) in [5.41, 5.74) is 3.23. The second-order valence-corrected chi connectivity index (χ2v) is 6.26. The summed E-state index contributed by atoms with van der Waals surface area (Å²) in [4.78, 5) is 14.6. The number of fused-ring (bicyclic) bond motifs is 1. The maximum atomic E-state index is 12.4. The maximum absolute atomic E-state index is 12.4. The third kappa shape index (κ3) is 3.19. The topological polar surface area (TPSA) is 44.4 Å². The number of hydrogen-bond acceptors (Lipinski definition) is 3. The van der Waals surface area contributed by atoms with Gasteiger partial charge in [-0.2, -0.15) is 0 Å². The van der Waals surface area contributed by atoms with E-state index < -0.39 is 0 Å². The van der Waals surface area contributed by atoms with Gasteiger partial charge in [0.05, 0.1) is 0 Å². The molecule has 0 spiro atoms. The second-order valence-electron chi connectivity index (χ2n) is 6.26. The highest BCUT2D eigenvalue weighted by molar-refractivity contribution is 5.96. The Morgan fingerprint density at radius 2 is 2.15 bits per heavy atom. The molecule has 0 saturated heterocycles. The lowest BCUT2D eigenvalue weighted by Crippen LogP contribution is -2.48. The molecule has 2 rings (SSSR count). The van der Waals surface area contributed by atoms with Crippen LogP contribution in [0.4, 0.5) is 0 Å². The first-order valence-corrected chi connectivity index (χ1v) is 7.19. The van der Waals surface area contributed by atoms with Gasteiger partial charge in [-0.25, -0.2) is 0 Å². The Kier molecular flexibility index (Phi) is 4.45. The minimum atomic E-state index is -0.0495. The minimum Gasteiger partial charge on any atom is -0.350 e. The first-order valence-electron chi connectivity index (χ1n) is 7.19. The van der Waals surface area contributed by atoms with Gasteiger partial charge in [0.25, 0.3) is 5.91 Å². The lowest BCUT2D eigenvalue weighted by atomic mass is 9.95. The van der Waals surface area contributed by atoms with Gasteiger partial charge in [-0.15, -0.1) is 0 Å². The number of nitrogens with one attached hydrogen (secondary N) is 2. The number of benzene rings is 1. The Hall–Kier alpha value is -1.39. The van der Waals surface area contributed by atoms with Crippen LogP contribution in [-0.4, -0.2) is 43.5 Å². The first kappa shape index (κ1) is 15.0. The van der Waals surface area contributed by atoms with Crippen LogP contribution in [0.15, 0.2) is 18.2 Å². The van der Waals surface area contributed by atoms with Crippen LogP contribution in [0.2, 0.25) is 0 Å². The van der Waals surface area contributed by atoms with Gasteiger partial charge in [0.2, 0.25) is 0 Å². The van der Waals surface area contributed by atoms with E-state index >= 15 is 0 Å². The molecule has 1 heterocycles. The van der Waals surface area contributed by atoms with E-state index in [0.29, 0.717) is 6.54 Å². The van der Waals surface area contributed by atoms with E-state index in [1.807, 2.05) is 26.2 Å². The summed E-state index contributed by atoms with van der Waals surface area (Å²) < 4.78 is 0. The van der Waals surface area contributed by atoms with Crippen LogP contribution >= 0.6 is 0 Å². The zero-order valence-electron chi connectivity index (χ0n) is 12.9. The molecular formula is C16H25N3O. The van der Waals surface area contributed by atoms with Gasteiger partial charge in [-0.3, -0.25) is 4.79 Å². The van der Waals surface area contributed by atoms with Gasteiger partial charge >= 0.3 is 0 Å². The van der Waals surface area contributed by atoms with Gasteiger partial charge in [0, 0.05) is 24.2 Å². The van der Waals surface area contributed by atoms with E-state index in [9.17, 15) is 4.79 Å². The SMILES string of the molecule is CN(C)C(C)(C)CNC(=O)c1cccc2c1CCNC2. The van der Waals surface area contributed by atoms with Gasteiger partial charge < -0.3 is 15.5 Å². The third-order valence-electron chi connectivity index (χ3n) is 4.28. The molecule has 1 aromatic carbocycles. The highest BCUT2D eigenvalue weighted by Crippen LogP contribution is 2.19. The molecule has 1 amide bonds. The smallest absolute Gasteiger partial charge is 0.251 e. The fourth-order valence-electron chi connectivity index (χ4n) is 2.29. The molecule has 4 heteroatoms. The summed E-state index contributed by atoms with van der Waals surface area (Å²) in [7, 11) is 4.06. The first-order chi connectivity index (χ1) is 9.42. The standard InChI is InChI=1S/C16H25N3O/c1-16(2,19(3)4)11-18-15(20)14-7-5-6-12-10-17-9-8-13(12)14/h5-7,17H,8-11H2,1-4H3,(H,18,20). The highest BCUT2D eigenvalue weighted by atomic mass is 16.1. The van der Waals surface area contributed by atoms with E-state index in [-0.39, 0.29) is 11.4 Å². The van der Waals surface area contributed by atoms with Crippen molar-refractivity contribution in [3.8, 4) is 0 Å². The number of carbonyl (C=O) groups excluding carboxylic acids is 1. The van der Waals surface area contributed by atoms with Crippen molar-refractivity contribution in [2.24, 2.45) is 0 Å². The Bertz CT molecular complexity index is 494. The average molecular weight is 275 g/mol. The Morgan fingerprint density at radius 1 is 1.40 bits per heavy atom. The van der Waals surface area contributed by atoms with Gasteiger partial charge in [0.1, 0.15) is 0 Å². The molecule has 0 bridgehead atoms. The zero-order chi connectivity index (χ0) is 14.8. The molecule has 2 N–H and O–H groups in total. The normalized spacial score (nSPS) is 15.1. The van der Waals surface area contributed by atoms with Crippen molar-refractivity contribution in [1.29, 1.82) is 0 Å². The minimum absolute atomic E-state index is 0.0404. The number of rotatable bonds is 4. The summed E-state index contributed by atoms with van der Waals surface area (Å²) >= 11 is 0. The highest BCUT2D eigenvalue weighted by Gasteiger charge is 2.23. The van der Waals surface area contributed by atoms with Crippen LogP contribution < -0.4 is 10.6 Å². The molecule has 1 aliphatic heterocycles. The fourth-order valence-corrected chi connectivity index (χ4v) is 2.29. The van der Waals surface area contributed by atoms with Crippen LogP contribution in [0.25, 0.3) is 0 Å². The molecule has 0 aromatic heterocycles. The Morgan fingerprint density at radius 3 is 2.85 bits per heavy atom. The largest absolute Gasteiger partial charge is 0.350 e. The van der Waals surface area contributed by atoms with Crippen molar-refractivity contribution in [2.75, 3.05) is 27.2 Å². The molecule has 0 radical (unpaired) electrons. The van der Waals surface area contributed by atoms with E-state index in [1.165, 1.54) is 11.1 Å². The van der Waals surface area contributed by atoms with E-state index in [1.54, 1.807) is 0 Å². The molecule has 0 unspecified atom stereocenters. The second kappa shape index (κ2) is 5.94. The molecule has 1 aromatic rings. The van der Waals surface area contributed by atoms with Gasteiger partial charge in [-0.1, -0.05) is 12.1 Å². The zero-order valence-corrected chi connectivity index (χ0v) is 12.9. The van der Waals surface area contributed by atoms with Crippen LogP contribution in [0.1, 0.15) is 35.3 Å². The predicted octanol–water partition coefficient (Wildman–Crippen LogP) is 1.40. The summed E-state index contributed by atoms with van der Waals surface area (Å²) in [6.45, 7) is 6.69. The van der Waals surface area contributed by atoms with Crippen molar-refractivity contribution < 1.29 is 4.79 Å². The molecular weight excluding hydrogens is 250 g/mol. The summed E-state index contributed by atoms with van der Waals surface area (Å²) in [6.07, 6.45) is 0.927. The molecule has 1 aliphatic rings. The summed E-state index contributed by atoms with van der Waals surface area (Å²) in [5.74, 6) is 0.0404. The number of nitrogens with zero attached hydrogens (tertiary/aromatic N) is 1. The molecule has 0 atom stereocenters. The summed E-state index contributed by atoms with van der Waals surface area (Å²) in [6, 6.07) is 6.00. The van der Waals surface area contributed by atoms with Crippen LogP contribution in [0.5, 0.6) is 0 Å². The van der Waals surface area contributed by atoms with Crippen LogP contribution in [0.3, 0.4) is 0 Å². The Balaban J connectivity index is 2.10. The number of hydrogen-bond donors (Lipinski definition) is 2. The maximum Gasteiger partial charge on any atom is 0.251 e. The van der Waals surface area contributed by atoms with Gasteiger partial charge in [-0.05, 0) is 58.1 Å². The van der Waals surface area contributed by atoms with Crippen molar-refractivity contribution in [3.63, 3.8) is 0 Å². The van der Waals surface area contributed by atoms with Crippen molar-refractivity contribution in [1.82, 2.24) is 15.5 Å². The molecule has 0 fully saturated rings. The molecule has 0 aliphatic carbocycles. The third-order valence-corrected chi connectivity index (χ3v) is 4.28. The van der Waals surface area contributed by atoms with Crippen molar-refractivity contribution >= 4 is 5.91 Å². The lowest BCUT2D eigenvalue weighted by Gasteiger charge is -2.32. The van der Waals surface area contributed by atoms with Crippen LogP contribution in [-0.2, 0) is 13.0 Å². The molecule has 4 nitrogen and oxygen atoms in total. The molecule has 20 heavy (non-hydrogen) atoms. The fraction of sp³-hybridized carbons (Fsp3) is 0.562.